The van der Waals surface area contributed by atoms with Crippen molar-refractivity contribution in [2.24, 2.45) is 0 Å². The van der Waals surface area contributed by atoms with E-state index >= 15 is 0 Å². The Balaban J connectivity index is 1.91. The third kappa shape index (κ3) is 6.19. The molecule has 1 saturated heterocycles. The normalized spacial score (nSPS) is 20.0. The highest BCUT2D eigenvalue weighted by atomic mass is 35.7. The highest BCUT2D eigenvalue weighted by Crippen LogP contribution is 2.54. The van der Waals surface area contributed by atoms with E-state index in [9.17, 15) is 9.36 Å². The number of hydrogen-bond donors (Lipinski definition) is 0. The second-order valence-electron chi connectivity index (χ2n) is 5.59. The number of hydroxylamine groups is 2. The molecule has 0 radical (unpaired) electrons. The molecule has 1 aromatic carbocycles. The highest BCUT2D eigenvalue weighted by Gasteiger charge is 2.38. The molecule has 0 saturated carbocycles. The van der Waals surface area contributed by atoms with Crippen LogP contribution in [0.3, 0.4) is 0 Å². The van der Waals surface area contributed by atoms with E-state index in [-0.39, 0.29) is 5.75 Å². The van der Waals surface area contributed by atoms with Gasteiger partial charge in [0.05, 0.1) is 13.7 Å². The van der Waals surface area contributed by atoms with Gasteiger partial charge in [0.1, 0.15) is 17.5 Å². The van der Waals surface area contributed by atoms with Crippen LogP contribution in [-0.4, -0.2) is 37.3 Å². The molecule has 2 atom stereocenters. The number of nitrogens with zero attached hydrogens (tertiary/aromatic N) is 1. The predicted octanol–water partition coefficient (Wildman–Crippen LogP) is 4.16. The molecule has 0 bridgehead atoms. The fraction of sp³-hybridized carbons (Fsp3) is 0.562. The van der Waals surface area contributed by atoms with Gasteiger partial charge in [0, 0.05) is 17.8 Å². The third-order valence-corrected chi connectivity index (χ3v) is 4.94. The van der Waals surface area contributed by atoms with Crippen molar-refractivity contribution in [1.29, 1.82) is 0 Å². The number of ether oxygens (including phenoxy) is 1. The average molecular weight is 392 g/mol. The SMILES string of the molecule is CCCCON1CCC[C@H]1C(=O)OP(=O)(Cl)Oc1ccc(OC)cc1. The quantitative estimate of drug-likeness (QED) is 0.462. The molecule has 0 spiro atoms. The minimum absolute atomic E-state index is 0.217. The van der Waals surface area contributed by atoms with E-state index in [0.29, 0.717) is 25.3 Å². The topological polar surface area (TPSA) is 74.3 Å². The monoisotopic (exact) mass is 391 g/mol. The van der Waals surface area contributed by atoms with E-state index in [0.717, 1.165) is 19.3 Å². The van der Waals surface area contributed by atoms with Crippen LogP contribution in [0.2, 0.25) is 0 Å². The Kier molecular flexibility index (Phi) is 7.56. The number of halogens is 1. The molecule has 1 aromatic rings. The van der Waals surface area contributed by atoms with Gasteiger partial charge in [-0.3, -0.25) is 4.84 Å². The molecular weight excluding hydrogens is 369 g/mol. The summed E-state index contributed by atoms with van der Waals surface area (Å²) in [6, 6.07) is 5.67. The molecule has 1 aliphatic rings. The van der Waals surface area contributed by atoms with Gasteiger partial charge in [0.15, 0.2) is 0 Å². The molecule has 9 heteroatoms. The molecule has 0 aliphatic carbocycles. The molecular formula is C16H23ClNO6P. The predicted molar refractivity (Wildman–Crippen MR) is 93.8 cm³/mol. The second-order valence-corrected chi connectivity index (χ2v) is 8.06. The number of carbonyl (C=O) groups is 1. The van der Waals surface area contributed by atoms with Crippen LogP contribution in [-0.2, 0) is 18.7 Å². The molecule has 1 aliphatic heterocycles. The number of rotatable bonds is 9. The summed E-state index contributed by atoms with van der Waals surface area (Å²) < 4.78 is 27.4. The van der Waals surface area contributed by atoms with Crippen molar-refractivity contribution in [2.45, 2.75) is 38.6 Å². The van der Waals surface area contributed by atoms with Crippen LogP contribution < -0.4 is 9.26 Å². The summed E-state index contributed by atoms with van der Waals surface area (Å²) in [7, 11) is 1.53. The van der Waals surface area contributed by atoms with Gasteiger partial charge in [-0.05, 0) is 43.5 Å². The summed E-state index contributed by atoms with van der Waals surface area (Å²) in [5, 5.41) is 1.57. The van der Waals surface area contributed by atoms with E-state index in [1.165, 1.54) is 19.2 Å². The van der Waals surface area contributed by atoms with Crippen molar-refractivity contribution >= 4 is 24.2 Å². The van der Waals surface area contributed by atoms with Gasteiger partial charge in [-0.25, -0.2) is 9.36 Å². The van der Waals surface area contributed by atoms with Crippen molar-refractivity contribution in [3.05, 3.63) is 24.3 Å². The molecule has 140 valence electrons. The molecule has 0 aromatic heterocycles. The number of unbranched alkanes of at least 4 members (excludes halogenated alkanes) is 1. The van der Waals surface area contributed by atoms with Crippen molar-refractivity contribution < 1.29 is 28.0 Å². The van der Waals surface area contributed by atoms with Gasteiger partial charge in [0.25, 0.3) is 0 Å². The molecule has 0 N–H and O–H groups in total. The Bertz CT molecular complexity index is 611. The minimum Gasteiger partial charge on any atom is -0.497 e. The lowest BCUT2D eigenvalue weighted by molar-refractivity contribution is -0.184. The zero-order valence-electron chi connectivity index (χ0n) is 14.4. The van der Waals surface area contributed by atoms with Gasteiger partial charge in [0.2, 0.25) is 0 Å². The van der Waals surface area contributed by atoms with Crippen LogP contribution in [0.5, 0.6) is 11.5 Å². The first kappa shape index (κ1) is 20.0. The molecule has 0 amide bonds. The van der Waals surface area contributed by atoms with Crippen molar-refractivity contribution in [1.82, 2.24) is 5.06 Å². The van der Waals surface area contributed by atoms with E-state index in [4.69, 9.17) is 29.9 Å². The number of carbonyl (C=O) groups excluding carboxylic acids is 1. The standard InChI is InChI=1S/C16H23ClNO6P/c1-3-4-12-22-18-11-5-6-15(18)16(19)24-25(17,20)23-14-9-7-13(21-2)8-10-14/h7-10,15H,3-6,11-12H2,1-2H3/t15-,25?/m0/s1. The molecule has 7 nitrogen and oxygen atoms in total. The largest absolute Gasteiger partial charge is 0.532 e. The first-order chi connectivity index (χ1) is 11.9. The fourth-order valence-corrected chi connectivity index (χ4v) is 3.60. The summed E-state index contributed by atoms with van der Waals surface area (Å²) >= 11 is 5.79. The minimum atomic E-state index is -4.11. The zero-order valence-corrected chi connectivity index (χ0v) is 16.0. The summed E-state index contributed by atoms with van der Waals surface area (Å²) in [6.07, 6.45) is 3.24. The van der Waals surface area contributed by atoms with Crippen LogP contribution >= 0.6 is 18.2 Å². The lowest BCUT2D eigenvalue weighted by Crippen LogP contribution is -2.37. The van der Waals surface area contributed by atoms with Gasteiger partial charge in [-0.1, -0.05) is 13.3 Å². The maximum absolute atomic E-state index is 12.3. The molecule has 1 heterocycles. The molecule has 25 heavy (non-hydrogen) atoms. The van der Waals surface area contributed by atoms with Crippen molar-refractivity contribution in [3.63, 3.8) is 0 Å². The second kappa shape index (κ2) is 9.43. The van der Waals surface area contributed by atoms with E-state index in [2.05, 4.69) is 6.92 Å². The Labute approximate surface area is 152 Å². The number of hydrogen-bond acceptors (Lipinski definition) is 7. The van der Waals surface area contributed by atoms with Gasteiger partial charge < -0.3 is 13.8 Å². The molecule has 1 fully saturated rings. The van der Waals surface area contributed by atoms with E-state index in [1.54, 1.807) is 17.2 Å². The Hall–Kier alpha value is -1.27. The fourth-order valence-electron chi connectivity index (χ4n) is 2.41. The summed E-state index contributed by atoms with van der Waals surface area (Å²) in [5.41, 5.74) is 0. The summed E-state index contributed by atoms with van der Waals surface area (Å²) in [6.45, 7) is -0.901. The van der Waals surface area contributed by atoms with Crippen molar-refractivity contribution in [2.75, 3.05) is 20.3 Å². The maximum Gasteiger partial charge on any atom is 0.532 e. The zero-order chi connectivity index (χ0) is 18.3. The Morgan fingerprint density at radius 3 is 2.64 bits per heavy atom. The maximum atomic E-state index is 12.3. The number of methoxy groups -OCH3 is 1. The van der Waals surface area contributed by atoms with Crippen LogP contribution in [0.4, 0.5) is 0 Å². The molecule has 2 rings (SSSR count). The lowest BCUT2D eigenvalue weighted by Gasteiger charge is -2.23. The number of benzene rings is 1. The molecule has 1 unspecified atom stereocenters. The average Bonchev–Trinajstić information content (AvgIpc) is 3.03. The van der Waals surface area contributed by atoms with Crippen LogP contribution in [0.25, 0.3) is 0 Å². The van der Waals surface area contributed by atoms with E-state index < -0.39 is 19.0 Å². The van der Waals surface area contributed by atoms with Crippen molar-refractivity contribution in [3.8, 4) is 11.5 Å². The first-order valence-electron chi connectivity index (χ1n) is 8.21. The van der Waals surface area contributed by atoms with Gasteiger partial charge in [-0.2, -0.15) is 5.06 Å². The third-order valence-electron chi connectivity index (χ3n) is 3.70. The summed E-state index contributed by atoms with van der Waals surface area (Å²) in [4.78, 5) is 17.9. The lowest BCUT2D eigenvalue weighted by atomic mass is 10.2. The first-order valence-corrected chi connectivity index (χ1v) is 10.7. The van der Waals surface area contributed by atoms with Crippen LogP contribution in [0.1, 0.15) is 32.6 Å². The Morgan fingerprint density at radius 2 is 2.00 bits per heavy atom. The van der Waals surface area contributed by atoms with Crippen LogP contribution in [0, 0.1) is 0 Å². The Morgan fingerprint density at radius 1 is 1.32 bits per heavy atom. The van der Waals surface area contributed by atoms with Gasteiger partial charge >= 0.3 is 12.9 Å². The smallest absolute Gasteiger partial charge is 0.497 e. The summed E-state index contributed by atoms with van der Waals surface area (Å²) in [5.74, 6) is 0.120. The van der Waals surface area contributed by atoms with E-state index in [1.807, 2.05) is 0 Å². The van der Waals surface area contributed by atoms with Gasteiger partial charge in [-0.15, -0.1) is 0 Å². The highest BCUT2D eigenvalue weighted by molar-refractivity contribution is 7.82. The van der Waals surface area contributed by atoms with Crippen LogP contribution in [0.15, 0.2) is 24.3 Å².